The molecule has 13 heteroatoms. The van der Waals surface area contributed by atoms with Gasteiger partial charge in [0.1, 0.15) is 17.7 Å². The zero-order chi connectivity index (χ0) is 30.9. The molecular weight excluding hydrogens is 568 g/mol. The number of fused-ring (bicyclic) bond motifs is 1. The average Bonchev–Trinajstić information content (AvgIpc) is 3.38. The minimum Gasteiger partial charge on any atom is -0.381 e. The van der Waals surface area contributed by atoms with Crippen molar-refractivity contribution in [1.29, 1.82) is 5.26 Å². The van der Waals surface area contributed by atoms with Crippen molar-refractivity contribution in [3.8, 4) is 6.19 Å². The number of nitriles is 1. The lowest BCUT2D eigenvalue weighted by atomic mass is 9.80. The lowest BCUT2D eigenvalue weighted by Gasteiger charge is -2.39. The van der Waals surface area contributed by atoms with Crippen LogP contribution in [0.2, 0.25) is 0 Å². The number of aromatic nitrogens is 2. The van der Waals surface area contributed by atoms with E-state index in [2.05, 4.69) is 10.6 Å². The fourth-order valence-corrected chi connectivity index (χ4v) is 5.81. The summed E-state index contributed by atoms with van der Waals surface area (Å²) in [5.74, 6) is -2.28. The van der Waals surface area contributed by atoms with Crippen LogP contribution < -0.4 is 15.5 Å². The molecule has 0 spiro atoms. The Kier molecular flexibility index (Phi) is 8.41. The summed E-state index contributed by atoms with van der Waals surface area (Å²) in [6.45, 7) is 4.70. The number of anilines is 1. The number of hydrogen-bond donors (Lipinski definition) is 2. The molecule has 3 heterocycles. The number of rotatable bonds is 7. The third-order valence-electron chi connectivity index (χ3n) is 7.89. The minimum absolute atomic E-state index is 0.113. The van der Waals surface area contributed by atoms with Crippen molar-refractivity contribution < 1.29 is 31.9 Å². The summed E-state index contributed by atoms with van der Waals surface area (Å²) in [4.78, 5) is 29.2. The van der Waals surface area contributed by atoms with Gasteiger partial charge in [0.15, 0.2) is 6.19 Å². The Morgan fingerprint density at radius 3 is 2.51 bits per heavy atom. The standard InChI is InChI=1S/C30H30F4N6O3/c1-3-39-28-24(25(17(2)36-16-35)38-40(28)22-11-13-43-14-12-22)23(18-7-9-21(31)10-8-18)26(29(39)42)37-27(41)19-5-4-6-20(15-19)30(32,33)34/h4-10,15,17,22-23,26,36H,3,11-14H2,1-2H3,(H,37,41)/t17-,23+,26+/m1/s1. The van der Waals surface area contributed by atoms with E-state index in [1.165, 1.54) is 35.2 Å². The van der Waals surface area contributed by atoms with E-state index in [1.54, 1.807) is 18.5 Å². The number of carbonyl (C=O) groups excluding carboxylic acids is 2. The van der Waals surface area contributed by atoms with Crippen molar-refractivity contribution in [1.82, 2.24) is 20.4 Å². The van der Waals surface area contributed by atoms with Crippen molar-refractivity contribution in [3.63, 3.8) is 0 Å². The van der Waals surface area contributed by atoms with E-state index in [9.17, 15) is 32.4 Å². The van der Waals surface area contributed by atoms with Gasteiger partial charge in [0.2, 0.25) is 0 Å². The van der Waals surface area contributed by atoms with E-state index in [-0.39, 0.29) is 18.2 Å². The lowest BCUT2D eigenvalue weighted by Crippen LogP contribution is -2.55. The minimum atomic E-state index is -4.67. The fourth-order valence-electron chi connectivity index (χ4n) is 5.81. The Bertz CT molecular complexity index is 1540. The molecule has 2 aliphatic rings. The SMILES string of the molecule is CCN1C(=O)[C@@H](NC(=O)c2cccc(C(F)(F)F)c2)[C@@H](c2ccc(F)cc2)c2c([C@@H](C)NC#N)nn(C3CCOCC3)c21. The highest BCUT2D eigenvalue weighted by molar-refractivity contribution is 6.05. The molecule has 2 aromatic carbocycles. The fraction of sp³-hybridized carbons (Fsp3) is 0.400. The molecular formula is C30H30F4N6O3. The maximum Gasteiger partial charge on any atom is 0.416 e. The van der Waals surface area contributed by atoms with Gasteiger partial charge in [0, 0.05) is 36.8 Å². The zero-order valence-electron chi connectivity index (χ0n) is 23.5. The van der Waals surface area contributed by atoms with Crippen molar-refractivity contribution in [3.05, 3.63) is 82.3 Å². The van der Waals surface area contributed by atoms with Gasteiger partial charge in [-0.05, 0) is 62.6 Å². The summed E-state index contributed by atoms with van der Waals surface area (Å²) in [6, 6.07) is 7.42. The van der Waals surface area contributed by atoms with Gasteiger partial charge in [-0.15, -0.1) is 0 Å². The number of alkyl halides is 3. The summed E-state index contributed by atoms with van der Waals surface area (Å²) in [6.07, 6.45) is -1.47. The van der Waals surface area contributed by atoms with E-state index >= 15 is 0 Å². The average molecular weight is 599 g/mol. The highest BCUT2D eigenvalue weighted by Gasteiger charge is 2.47. The van der Waals surface area contributed by atoms with E-state index in [4.69, 9.17) is 9.84 Å². The topological polar surface area (TPSA) is 112 Å². The summed E-state index contributed by atoms with van der Waals surface area (Å²) in [7, 11) is 0. The van der Waals surface area contributed by atoms with Crippen LogP contribution in [0.5, 0.6) is 0 Å². The monoisotopic (exact) mass is 598 g/mol. The van der Waals surface area contributed by atoms with Gasteiger partial charge in [-0.2, -0.15) is 23.5 Å². The molecule has 3 atom stereocenters. The first-order valence-corrected chi connectivity index (χ1v) is 13.9. The Morgan fingerprint density at radius 2 is 1.88 bits per heavy atom. The maximum absolute atomic E-state index is 14.2. The second kappa shape index (κ2) is 12.0. The molecule has 2 amide bonds. The number of carbonyl (C=O) groups is 2. The van der Waals surface area contributed by atoms with Crippen LogP contribution in [0.4, 0.5) is 23.4 Å². The van der Waals surface area contributed by atoms with Gasteiger partial charge in [0.25, 0.3) is 11.8 Å². The Labute approximate surface area is 245 Å². The van der Waals surface area contributed by atoms with Gasteiger partial charge < -0.3 is 15.4 Å². The molecule has 9 nitrogen and oxygen atoms in total. The molecule has 2 N–H and O–H groups in total. The summed E-state index contributed by atoms with van der Waals surface area (Å²) >= 11 is 0. The number of nitrogens with zero attached hydrogens (tertiary/aromatic N) is 4. The van der Waals surface area contributed by atoms with Gasteiger partial charge in [0.05, 0.1) is 23.3 Å². The lowest BCUT2D eigenvalue weighted by molar-refractivity contribution is -0.137. The highest BCUT2D eigenvalue weighted by Crippen LogP contribution is 2.46. The summed E-state index contributed by atoms with van der Waals surface area (Å²) in [5.41, 5.74) is 0.231. The van der Waals surface area contributed by atoms with Crippen LogP contribution in [0.15, 0.2) is 48.5 Å². The molecule has 0 saturated carbocycles. The van der Waals surface area contributed by atoms with Crippen molar-refractivity contribution in [2.45, 2.75) is 56.9 Å². The molecule has 2 aliphatic heterocycles. The predicted octanol–water partition coefficient (Wildman–Crippen LogP) is 4.82. The smallest absolute Gasteiger partial charge is 0.381 e. The van der Waals surface area contributed by atoms with Crippen molar-refractivity contribution in [2.24, 2.45) is 0 Å². The molecule has 5 rings (SSSR count). The largest absolute Gasteiger partial charge is 0.416 e. The Hall–Kier alpha value is -4.44. The molecule has 1 saturated heterocycles. The first kappa shape index (κ1) is 30.0. The number of halogens is 4. The van der Waals surface area contributed by atoms with Gasteiger partial charge >= 0.3 is 6.18 Å². The normalized spacial score (nSPS) is 19.8. The Morgan fingerprint density at radius 1 is 1.19 bits per heavy atom. The molecule has 1 aromatic heterocycles. The molecule has 3 aromatic rings. The van der Waals surface area contributed by atoms with E-state index < -0.39 is 47.4 Å². The number of ether oxygens (including phenoxy) is 1. The highest BCUT2D eigenvalue weighted by atomic mass is 19.4. The molecule has 1 fully saturated rings. The molecule has 0 aliphatic carbocycles. The Balaban J connectivity index is 1.69. The number of likely N-dealkylation sites (N-methyl/N-ethyl adjacent to an activating group) is 1. The van der Waals surface area contributed by atoms with E-state index in [0.29, 0.717) is 48.7 Å². The third-order valence-corrected chi connectivity index (χ3v) is 7.89. The molecule has 0 radical (unpaired) electrons. The summed E-state index contributed by atoms with van der Waals surface area (Å²) in [5, 5.41) is 19.7. The molecule has 226 valence electrons. The molecule has 0 bridgehead atoms. The van der Waals surface area contributed by atoms with Crippen LogP contribution in [0.1, 0.15) is 77.4 Å². The number of benzene rings is 2. The quantitative estimate of drug-likeness (QED) is 0.229. The zero-order valence-corrected chi connectivity index (χ0v) is 23.5. The van der Waals surface area contributed by atoms with E-state index in [1.807, 2.05) is 6.19 Å². The van der Waals surface area contributed by atoms with E-state index in [0.717, 1.165) is 18.2 Å². The predicted molar refractivity (Wildman–Crippen MR) is 147 cm³/mol. The van der Waals surface area contributed by atoms with Crippen LogP contribution in [-0.2, 0) is 15.7 Å². The second-order valence-corrected chi connectivity index (χ2v) is 10.5. The van der Waals surface area contributed by atoms with Crippen molar-refractivity contribution in [2.75, 3.05) is 24.7 Å². The molecule has 43 heavy (non-hydrogen) atoms. The van der Waals surface area contributed by atoms with Crippen molar-refractivity contribution >= 4 is 17.6 Å². The number of hydrogen-bond acceptors (Lipinski definition) is 6. The second-order valence-electron chi connectivity index (χ2n) is 10.5. The maximum atomic E-state index is 14.2. The van der Waals surface area contributed by atoms with Gasteiger partial charge in [-0.25, -0.2) is 9.07 Å². The van der Waals surface area contributed by atoms with Gasteiger partial charge in [-0.3, -0.25) is 14.5 Å². The van der Waals surface area contributed by atoms with Crippen LogP contribution in [0.3, 0.4) is 0 Å². The van der Waals surface area contributed by atoms with Gasteiger partial charge in [-0.1, -0.05) is 18.2 Å². The molecule has 0 unspecified atom stereocenters. The van der Waals surface area contributed by atoms with Crippen LogP contribution in [0, 0.1) is 17.3 Å². The number of nitrogens with one attached hydrogen (secondary N) is 2. The van der Waals surface area contributed by atoms with Crippen LogP contribution in [0.25, 0.3) is 0 Å². The first-order valence-electron chi connectivity index (χ1n) is 13.9. The third kappa shape index (κ3) is 5.79. The first-order chi connectivity index (χ1) is 20.5. The summed E-state index contributed by atoms with van der Waals surface area (Å²) < 4.78 is 61.6. The number of amides is 2. The van der Waals surface area contributed by atoms with Crippen LogP contribution in [-0.4, -0.2) is 47.4 Å². The van der Waals surface area contributed by atoms with Crippen LogP contribution >= 0.6 is 0 Å².